The molecule has 0 heterocycles. The highest BCUT2D eigenvalue weighted by molar-refractivity contribution is 5.54. The van der Waals surface area contributed by atoms with Crippen molar-refractivity contribution in [1.29, 1.82) is 0 Å². The molecular weight excluding hydrogens is 235 g/mol. The molecule has 1 aromatic rings. The predicted molar refractivity (Wildman–Crippen MR) is 57.8 cm³/mol. The Morgan fingerprint density at radius 2 is 1.82 bits per heavy atom. The van der Waals surface area contributed by atoms with E-state index in [2.05, 4.69) is 4.74 Å². The molecule has 0 aromatic heterocycles. The van der Waals surface area contributed by atoms with Gasteiger partial charge in [0.1, 0.15) is 12.4 Å². The summed E-state index contributed by atoms with van der Waals surface area (Å²) in [4.78, 5) is 0. The van der Waals surface area contributed by atoms with Crippen LogP contribution in [0.4, 0.5) is 18.9 Å². The molecule has 1 rings (SSSR count). The minimum Gasteiger partial charge on any atom is -0.467 e. The van der Waals surface area contributed by atoms with Gasteiger partial charge in [-0.15, -0.1) is 0 Å². The number of anilines is 1. The third-order valence-electron chi connectivity index (χ3n) is 2.13. The minimum absolute atomic E-state index is 0.426. The second kappa shape index (κ2) is 5.27. The highest BCUT2D eigenvalue weighted by atomic mass is 19.4. The van der Waals surface area contributed by atoms with E-state index >= 15 is 0 Å². The van der Waals surface area contributed by atoms with Crippen LogP contribution in [0.3, 0.4) is 0 Å². The summed E-state index contributed by atoms with van der Waals surface area (Å²) in [5.41, 5.74) is 7.88. The molecule has 0 amide bonds. The average Bonchev–Trinajstić information content (AvgIpc) is 2.18. The van der Waals surface area contributed by atoms with Gasteiger partial charge in [-0.1, -0.05) is 6.07 Å². The number of hydrogen-bond donors (Lipinski definition) is 1. The van der Waals surface area contributed by atoms with Crippen LogP contribution in [0.1, 0.15) is 11.1 Å². The number of nitrogens with two attached hydrogens (primary N) is 1. The summed E-state index contributed by atoms with van der Waals surface area (Å²) >= 11 is 0. The maximum atomic E-state index is 11.8. The van der Waals surface area contributed by atoms with Gasteiger partial charge >= 0.3 is 6.18 Å². The van der Waals surface area contributed by atoms with Crippen LogP contribution >= 0.6 is 0 Å². The first-order valence-electron chi connectivity index (χ1n) is 4.93. The van der Waals surface area contributed by atoms with E-state index in [4.69, 9.17) is 10.5 Å². The van der Waals surface area contributed by atoms with Crippen LogP contribution in [-0.4, -0.2) is 19.6 Å². The SMILES string of the molecule is Cc1cc(C)c(OCOCC(F)(F)F)cc1N. The Hall–Kier alpha value is -1.43. The quantitative estimate of drug-likeness (QED) is 0.507. The number of halogens is 3. The molecule has 0 unspecified atom stereocenters. The predicted octanol–water partition coefficient (Wildman–Crippen LogP) is 2.80. The zero-order valence-electron chi connectivity index (χ0n) is 9.60. The van der Waals surface area contributed by atoms with Gasteiger partial charge in [-0.05, 0) is 25.0 Å². The van der Waals surface area contributed by atoms with Gasteiger partial charge in [-0.3, -0.25) is 0 Å². The Morgan fingerprint density at radius 1 is 1.18 bits per heavy atom. The molecule has 6 heteroatoms. The molecule has 17 heavy (non-hydrogen) atoms. The molecule has 0 radical (unpaired) electrons. The van der Waals surface area contributed by atoms with Crippen LogP contribution in [0.15, 0.2) is 12.1 Å². The lowest BCUT2D eigenvalue weighted by molar-refractivity contribution is -0.186. The Labute approximate surface area is 97.3 Å². The van der Waals surface area contributed by atoms with E-state index in [9.17, 15) is 13.2 Å². The summed E-state index contributed by atoms with van der Waals surface area (Å²) < 4.78 is 44.7. The van der Waals surface area contributed by atoms with Gasteiger partial charge in [0.2, 0.25) is 0 Å². The van der Waals surface area contributed by atoms with Gasteiger partial charge < -0.3 is 15.2 Å². The number of nitrogen functional groups attached to an aromatic ring is 1. The monoisotopic (exact) mass is 249 g/mol. The fraction of sp³-hybridized carbons (Fsp3) is 0.455. The second-order valence-electron chi connectivity index (χ2n) is 3.70. The zero-order chi connectivity index (χ0) is 13.1. The number of ether oxygens (including phenoxy) is 2. The molecule has 0 aliphatic heterocycles. The Balaban J connectivity index is 2.50. The van der Waals surface area contributed by atoms with E-state index in [-0.39, 0.29) is 0 Å². The lowest BCUT2D eigenvalue weighted by Gasteiger charge is -2.12. The van der Waals surface area contributed by atoms with Gasteiger partial charge in [0.25, 0.3) is 0 Å². The van der Waals surface area contributed by atoms with Crippen LogP contribution in [-0.2, 0) is 4.74 Å². The van der Waals surface area contributed by atoms with Crippen LogP contribution in [0.5, 0.6) is 5.75 Å². The van der Waals surface area contributed by atoms with Crippen molar-refractivity contribution in [2.75, 3.05) is 19.1 Å². The third kappa shape index (κ3) is 4.52. The van der Waals surface area contributed by atoms with Crippen molar-refractivity contribution in [2.45, 2.75) is 20.0 Å². The lowest BCUT2D eigenvalue weighted by atomic mass is 10.1. The molecule has 0 saturated heterocycles. The maximum absolute atomic E-state index is 11.8. The van der Waals surface area contributed by atoms with E-state index in [1.165, 1.54) is 0 Å². The highest BCUT2D eigenvalue weighted by Crippen LogP contribution is 2.24. The standard InChI is InChI=1S/C11H14F3NO2/c1-7-3-8(2)10(4-9(7)15)17-6-16-5-11(12,13)14/h3-4H,5-6,15H2,1-2H3. The van der Waals surface area contributed by atoms with Gasteiger partial charge in [0, 0.05) is 11.8 Å². The van der Waals surface area contributed by atoms with Crippen molar-refractivity contribution in [3.05, 3.63) is 23.3 Å². The molecule has 0 aliphatic rings. The summed E-state index contributed by atoms with van der Waals surface area (Å²) in [6, 6.07) is 3.37. The molecular formula is C11H14F3NO2. The summed E-state index contributed by atoms with van der Waals surface area (Å²) in [6.07, 6.45) is -4.34. The van der Waals surface area contributed by atoms with E-state index in [0.29, 0.717) is 11.4 Å². The molecule has 0 fully saturated rings. The van der Waals surface area contributed by atoms with E-state index in [1.54, 1.807) is 19.1 Å². The average molecular weight is 249 g/mol. The maximum Gasteiger partial charge on any atom is 0.411 e. The van der Waals surface area contributed by atoms with Gasteiger partial charge in [-0.25, -0.2) is 0 Å². The minimum atomic E-state index is -4.34. The zero-order valence-corrected chi connectivity index (χ0v) is 9.60. The molecule has 0 aliphatic carbocycles. The molecule has 0 saturated carbocycles. The van der Waals surface area contributed by atoms with Crippen molar-refractivity contribution < 1.29 is 22.6 Å². The third-order valence-corrected chi connectivity index (χ3v) is 2.13. The van der Waals surface area contributed by atoms with Gasteiger partial charge in [0.05, 0.1) is 0 Å². The molecule has 0 spiro atoms. The Kier molecular flexibility index (Phi) is 4.22. The Bertz CT molecular complexity index is 391. The largest absolute Gasteiger partial charge is 0.467 e. The summed E-state index contributed by atoms with van der Waals surface area (Å²) in [7, 11) is 0. The normalized spacial score (nSPS) is 11.6. The lowest BCUT2D eigenvalue weighted by Crippen LogP contribution is -2.19. The van der Waals surface area contributed by atoms with Crippen molar-refractivity contribution in [2.24, 2.45) is 0 Å². The van der Waals surface area contributed by atoms with Crippen molar-refractivity contribution in [1.82, 2.24) is 0 Å². The van der Waals surface area contributed by atoms with Crippen LogP contribution in [0, 0.1) is 13.8 Å². The first-order chi connectivity index (χ1) is 7.79. The molecule has 1 aromatic carbocycles. The molecule has 2 N–H and O–H groups in total. The first-order valence-corrected chi connectivity index (χ1v) is 4.93. The number of alkyl halides is 3. The highest BCUT2D eigenvalue weighted by Gasteiger charge is 2.27. The molecule has 3 nitrogen and oxygen atoms in total. The van der Waals surface area contributed by atoms with Crippen LogP contribution < -0.4 is 10.5 Å². The molecule has 0 atom stereocenters. The van der Waals surface area contributed by atoms with E-state index < -0.39 is 19.6 Å². The van der Waals surface area contributed by atoms with Crippen molar-refractivity contribution >= 4 is 5.69 Å². The van der Waals surface area contributed by atoms with Crippen LogP contribution in [0.2, 0.25) is 0 Å². The van der Waals surface area contributed by atoms with Crippen LogP contribution in [0.25, 0.3) is 0 Å². The van der Waals surface area contributed by atoms with E-state index in [1.807, 2.05) is 6.92 Å². The smallest absolute Gasteiger partial charge is 0.411 e. The molecule has 96 valence electrons. The first kappa shape index (κ1) is 13.6. The second-order valence-corrected chi connectivity index (χ2v) is 3.70. The summed E-state index contributed by atoms with van der Waals surface area (Å²) in [5, 5.41) is 0. The van der Waals surface area contributed by atoms with Crippen molar-refractivity contribution in [3.63, 3.8) is 0 Å². The summed E-state index contributed by atoms with van der Waals surface area (Å²) in [6.45, 7) is 1.84. The fourth-order valence-corrected chi connectivity index (χ4v) is 1.27. The fourth-order valence-electron chi connectivity index (χ4n) is 1.27. The Morgan fingerprint density at radius 3 is 2.41 bits per heavy atom. The van der Waals surface area contributed by atoms with E-state index in [0.717, 1.165) is 11.1 Å². The number of aryl methyl sites for hydroxylation is 2. The number of rotatable bonds is 4. The van der Waals surface area contributed by atoms with Gasteiger partial charge in [0.15, 0.2) is 6.79 Å². The summed E-state index contributed by atoms with van der Waals surface area (Å²) in [5.74, 6) is 0.426. The molecule has 0 bridgehead atoms. The topological polar surface area (TPSA) is 44.5 Å². The number of benzene rings is 1. The number of hydrogen-bond acceptors (Lipinski definition) is 3. The van der Waals surface area contributed by atoms with Gasteiger partial charge in [-0.2, -0.15) is 13.2 Å². The van der Waals surface area contributed by atoms with Crippen molar-refractivity contribution in [3.8, 4) is 5.75 Å².